The van der Waals surface area contributed by atoms with Crippen molar-refractivity contribution in [3.8, 4) is 0 Å². The fourth-order valence-electron chi connectivity index (χ4n) is 2.14. The van der Waals surface area contributed by atoms with E-state index in [9.17, 15) is 0 Å². The topological polar surface area (TPSA) is 18.5 Å². The van der Waals surface area contributed by atoms with Gasteiger partial charge >= 0.3 is 0 Å². The first-order valence-corrected chi connectivity index (χ1v) is 6.23. The van der Waals surface area contributed by atoms with Crippen LogP contribution in [0.4, 0.5) is 0 Å². The molecular weight excluding hydrogens is 259 g/mol. The van der Waals surface area contributed by atoms with Crippen LogP contribution in [0, 0.1) is 0 Å². The number of alkyl halides is 2. The maximum Gasteiger partial charge on any atom is 0.266 e. The van der Waals surface area contributed by atoms with Crippen LogP contribution in [-0.2, 0) is 14.9 Å². The third kappa shape index (κ3) is 1.71. The number of hydrogen-bond donors (Lipinski definition) is 0. The molecule has 0 bridgehead atoms. The molecule has 1 aliphatic heterocycles. The monoisotopic (exact) mass is 270 g/mol. The van der Waals surface area contributed by atoms with E-state index in [1.54, 1.807) is 12.5 Å². The van der Waals surface area contributed by atoms with Gasteiger partial charge in [0.25, 0.3) is 6.29 Å². The number of hydrogen-bond acceptors (Lipinski definition) is 2. The quantitative estimate of drug-likeness (QED) is 0.756. The molecule has 1 atom stereocenters. The van der Waals surface area contributed by atoms with Crippen molar-refractivity contribution >= 4 is 23.2 Å². The average Bonchev–Trinajstić information content (AvgIpc) is 2.75. The second-order valence-corrected chi connectivity index (χ2v) is 6.20. The molecule has 90 valence electrons. The molecule has 1 aromatic rings. The minimum absolute atomic E-state index is 0.168. The van der Waals surface area contributed by atoms with Crippen molar-refractivity contribution in [1.82, 2.24) is 0 Å². The Kier molecular flexibility index (Phi) is 2.36. The van der Waals surface area contributed by atoms with Gasteiger partial charge in [-0.1, -0.05) is 25.1 Å². The van der Waals surface area contributed by atoms with Gasteiger partial charge in [0, 0.05) is 11.0 Å². The zero-order chi connectivity index (χ0) is 12.1. The summed E-state index contributed by atoms with van der Waals surface area (Å²) in [5, 5.41) is 0. The molecule has 2 nitrogen and oxygen atoms in total. The summed E-state index contributed by atoms with van der Waals surface area (Å²) in [5.74, 6) is 0. The van der Waals surface area contributed by atoms with Gasteiger partial charge < -0.3 is 9.47 Å². The number of ether oxygens (including phenoxy) is 2. The predicted octanol–water partition coefficient (Wildman–Crippen LogP) is 4.04. The first-order valence-electron chi connectivity index (χ1n) is 5.47. The normalized spacial score (nSPS) is 29.8. The first-order chi connectivity index (χ1) is 8.03. The third-order valence-electron chi connectivity index (χ3n) is 3.51. The molecule has 1 heterocycles. The van der Waals surface area contributed by atoms with Crippen molar-refractivity contribution < 1.29 is 9.47 Å². The highest BCUT2D eigenvalue weighted by atomic mass is 35.5. The highest BCUT2D eigenvalue weighted by Crippen LogP contribution is 2.64. The molecule has 0 saturated heterocycles. The van der Waals surface area contributed by atoms with Crippen LogP contribution in [-0.4, -0.2) is 4.33 Å². The van der Waals surface area contributed by atoms with Crippen LogP contribution in [0.1, 0.15) is 30.8 Å². The molecule has 2 aliphatic rings. The molecular formula is C13H12Cl2O2. The summed E-state index contributed by atoms with van der Waals surface area (Å²) < 4.78 is 9.97. The summed E-state index contributed by atoms with van der Waals surface area (Å²) in [6, 6.07) is 8.03. The Morgan fingerprint density at radius 1 is 1.24 bits per heavy atom. The Labute approximate surface area is 110 Å². The molecule has 3 rings (SSSR count). The highest BCUT2D eigenvalue weighted by molar-refractivity contribution is 6.52. The predicted molar refractivity (Wildman–Crippen MR) is 66.9 cm³/mol. The number of halogens is 2. The van der Waals surface area contributed by atoms with Crippen LogP contribution in [0.3, 0.4) is 0 Å². The van der Waals surface area contributed by atoms with E-state index in [0.29, 0.717) is 0 Å². The molecule has 4 heteroatoms. The fourth-order valence-corrected chi connectivity index (χ4v) is 2.89. The lowest BCUT2D eigenvalue weighted by Crippen LogP contribution is -2.11. The van der Waals surface area contributed by atoms with Gasteiger partial charge in [-0.05, 0) is 18.1 Å². The second kappa shape index (κ2) is 3.56. The molecule has 1 aliphatic carbocycles. The largest absolute Gasteiger partial charge is 0.455 e. The van der Waals surface area contributed by atoms with Crippen molar-refractivity contribution in [2.24, 2.45) is 0 Å². The number of rotatable bonds is 2. The molecule has 0 radical (unpaired) electrons. The van der Waals surface area contributed by atoms with Gasteiger partial charge in [0.2, 0.25) is 0 Å². The SMILES string of the molecule is CC1(c2cccc(C3OC=CO3)c2)CC1(Cl)Cl. The van der Waals surface area contributed by atoms with E-state index >= 15 is 0 Å². The Hall–Kier alpha value is -0.860. The van der Waals surface area contributed by atoms with Crippen molar-refractivity contribution in [3.05, 3.63) is 47.9 Å². The van der Waals surface area contributed by atoms with Crippen molar-refractivity contribution in [2.75, 3.05) is 0 Å². The third-order valence-corrected chi connectivity index (χ3v) is 4.62. The van der Waals surface area contributed by atoms with Gasteiger partial charge in [-0.2, -0.15) is 0 Å². The Morgan fingerprint density at radius 3 is 2.47 bits per heavy atom. The Morgan fingerprint density at radius 2 is 1.88 bits per heavy atom. The lowest BCUT2D eigenvalue weighted by atomic mass is 9.96. The van der Waals surface area contributed by atoms with Gasteiger partial charge in [-0.15, -0.1) is 23.2 Å². The summed E-state index contributed by atoms with van der Waals surface area (Å²) in [6.07, 6.45) is 3.52. The summed E-state index contributed by atoms with van der Waals surface area (Å²) in [4.78, 5) is 0. The summed E-state index contributed by atoms with van der Waals surface area (Å²) >= 11 is 12.4. The molecule has 17 heavy (non-hydrogen) atoms. The Balaban J connectivity index is 1.90. The maximum absolute atomic E-state index is 6.19. The van der Waals surface area contributed by atoms with Gasteiger partial charge in [-0.3, -0.25) is 0 Å². The molecule has 0 aromatic heterocycles. The summed E-state index contributed by atoms with van der Waals surface area (Å²) in [5.41, 5.74) is 1.93. The molecule has 1 fully saturated rings. The smallest absolute Gasteiger partial charge is 0.266 e. The fraction of sp³-hybridized carbons (Fsp3) is 0.385. The summed E-state index contributed by atoms with van der Waals surface area (Å²) in [6.45, 7) is 2.07. The van der Waals surface area contributed by atoms with Crippen LogP contribution < -0.4 is 0 Å². The Bertz CT molecular complexity index is 476. The zero-order valence-electron chi connectivity index (χ0n) is 9.32. The van der Waals surface area contributed by atoms with Crippen LogP contribution >= 0.6 is 23.2 Å². The van der Waals surface area contributed by atoms with Crippen LogP contribution in [0.5, 0.6) is 0 Å². The van der Waals surface area contributed by atoms with Crippen molar-refractivity contribution in [1.29, 1.82) is 0 Å². The van der Waals surface area contributed by atoms with E-state index in [1.165, 1.54) is 0 Å². The number of benzene rings is 1. The lowest BCUT2D eigenvalue weighted by molar-refractivity contribution is -0.0246. The highest BCUT2D eigenvalue weighted by Gasteiger charge is 2.63. The average molecular weight is 271 g/mol. The molecule has 1 aromatic carbocycles. The van der Waals surface area contributed by atoms with E-state index in [4.69, 9.17) is 32.7 Å². The molecule has 1 saturated carbocycles. The molecule has 0 spiro atoms. The van der Waals surface area contributed by atoms with E-state index in [1.807, 2.05) is 24.3 Å². The standard InChI is InChI=1S/C13H12Cl2O2/c1-12(8-13(12,14)15)10-4-2-3-9(7-10)11-16-5-6-17-11/h2-7,11H,8H2,1H3. The first kappa shape index (κ1) is 11.2. The van der Waals surface area contributed by atoms with E-state index in [0.717, 1.165) is 17.5 Å². The second-order valence-electron chi connectivity index (χ2n) is 4.72. The molecule has 0 amide bonds. The van der Waals surface area contributed by atoms with Gasteiger partial charge in [0.05, 0.1) is 0 Å². The zero-order valence-corrected chi connectivity index (χ0v) is 10.8. The van der Waals surface area contributed by atoms with E-state index in [2.05, 4.69) is 6.92 Å². The lowest BCUT2D eigenvalue weighted by Gasteiger charge is -2.16. The van der Waals surface area contributed by atoms with Crippen LogP contribution in [0.15, 0.2) is 36.8 Å². The van der Waals surface area contributed by atoms with Crippen LogP contribution in [0.2, 0.25) is 0 Å². The van der Waals surface area contributed by atoms with Crippen molar-refractivity contribution in [3.63, 3.8) is 0 Å². The molecule has 0 N–H and O–H groups in total. The van der Waals surface area contributed by atoms with Crippen molar-refractivity contribution in [2.45, 2.75) is 29.4 Å². The maximum atomic E-state index is 6.19. The van der Waals surface area contributed by atoms with Gasteiger partial charge in [-0.25, -0.2) is 0 Å². The minimum Gasteiger partial charge on any atom is -0.455 e. The van der Waals surface area contributed by atoms with E-state index < -0.39 is 4.33 Å². The van der Waals surface area contributed by atoms with Gasteiger partial charge in [0.15, 0.2) is 0 Å². The molecule has 1 unspecified atom stereocenters. The van der Waals surface area contributed by atoms with Gasteiger partial charge in [0.1, 0.15) is 16.9 Å². The van der Waals surface area contributed by atoms with E-state index in [-0.39, 0.29) is 11.7 Å². The minimum atomic E-state index is -0.652. The summed E-state index contributed by atoms with van der Waals surface area (Å²) in [7, 11) is 0. The van der Waals surface area contributed by atoms with Crippen LogP contribution in [0.25, 0.3) is 0 Å².